The summed E-state index contributed by atoms with van der Waals surface area (Å²) >= 11 is 0. The molecule has 0 bridgehead atoms. The SMILES string of the molecule is C=C(C)COc1ccncn1. The predicted molar refractivity (Wildman–Crippen MR) is 42.3 cm³/mol. The van der Waals surface area contributed by atoms with E-state index in [0.717, 1.165) is 5.57 Å². The number of ether oxygens (including phenoxy) is 1. The van der Waals surface area contributed by atoms with Gasteiger partial charge in [-0.1, -0.05) is 6.58 Å². The summed E-state index contributed by atoms with van der Waals surface area (Å²) in [5.74, 6) is 0.586. The maximum Gasteiger partial charge on any atom is 0.216 e. The first-order valence-corrected chi connectivity index (χ1v) is 3.32. The van der Waals surface area contributed by atoms with Crippen LogP contribution in [0.4, 0.5) is 0 Å². The zero-order valence-electron chi connectivity index (χ0n) is 6.45. The van der Waals surface area contributed by atoms with Crippen LogP contribution >= 0.6 is 0 Å². The summed E-state index contributed by atoms with van der Waals surface area (Å²) in [5.41, 5.74) is 0.976. The zero-order valence-corrected chi connectivity index (χ0v) is 6.45. The first-order valence-electron chi connectivity index (χ1n) is 3.32. The van der Waals surface area contributed by atoms with Crippen LogP contribution in [0.25, 0.3) is 0 Å². The first kappa shape index (κ1) is 7.72. The monoisotopic (exact) mass is 150 g/mol. The van der Waals surface area contributed by atoms with Crippen LogP contribution in [0, 0.1) is 0 Å². The normalized spacial score (nSPS) is 9.18. The smallest absolute Gasteiger partial charge is 0.216 e. The molecule has 0 fully saturated rings. The molecule has 1 aromatic heterocycles. The van der Waals surface area contributed by atoms with E-state index in [2.05, 4.69) is 16.5 Å². The summed E-state index contributed by atoms with van der Waals surface area (Å²) in [7, 11) is 0. The van der Waals surface area contributed by atoms with Gasteiger partial charge < -0.3 is 4.74 Å². The van der Waals surface area contributed by atoms with Crippen LogP contribution in [0.5, 0.6) is 5.88 Å². The molecule has 11 heavy (non-hydrogen) atoms. The minimum atomic E-state index is 0.511. The molecule has 0 saturated carbocycles. The second-order valence-electron chi connectivity index (χ2n) is 2.29. The summed E-state index contributed by atoms with van der Waals surface area (Å²) < 4.78 is 5.22. The summed E-state index contributed by atoms with van der Waals surface area (Å²) in [6.45, 7) is 6.12. The largest absolute Gasteiger partial charge is 0.473 e. The van der Waals surface area contributed by atoms with E-state index in [-0.39, 0.29) is 0 Å². The maximum atomic E-state index is 5.22. The minimum Gasteiger partial charge on any atom is -0.473 e. The Bertz CT molecular complexity index is 233. The lowest BCUT2D eigenvalue weighted by Crippen LogP contribution is -1.98. The van der Waals surface area contributed by atoms with Crippen molar-refractivity contribution in [3.63, 3.8) is 0 Å². The highest BCUT2D eigenvalue weighted by atomic mass is 16.5. The van der Waals surface area contributed by atoms with E-state index in [0.29, 0.717) is 12.5 Å². The van der Waals surface area contributed by atoms with Crippen molar-refractivity contribution in [1.29, 1.82) is 0 Å². The van der Waals surface area contributed by atoms with Crippen molar-refractivity contribution in [2.24, 2.45) is 0 Å². The average molecular weight is 150 g/mol. The third-order valence-electron chi connectivity index (χ3n) is 1.02. The van der Waals surface area contributed by atoms with Gasteiger partial charge in [0.25, 0.3) is 0 Å². The molecule has 1 heterocycles. The molecule has 0 aliphatic heterocycles. The van der Waals surface area contributed by atoms with E-state index in [1.807, 2.05) is 6.92 Å². The van der Waals surface area contributed by atoms with Crippen LogP contribution in [0.3, 0.4) is 0 Å². The highest BCUT2D eigenvalue weighted by Gasteiger charge is 1.91. The van der Waals surface area contributed by atoms with Crippen molar-refractivity contribution in [1.82, 2.24) is 9.97 Å². The number of aromatic nitrogens is 2. The van der Waals surface area contributed by atoms with Crippen LogP contribution in [-0.4, -0.2) is 16.6 Å². The van der Waals surface area contributed by atoms with Crippen molar-refractivity contribution in [3.05, 3.63) is 30.7 Å². The maximum absolute atomic E-state index is 5.22. The Morgan fingerprint density at radius 1 is 1.73 bits per heavy atom. The second kappa shape index (κ2) is 3.71. The Morgan fingerprint density at radius 3 is 3.09 bits per heavy atom. The van der Waals surface area contributed by atoms with Crippen molar-refractivity contribution in [2.75, 3.05) is 6.61 Å². The van der Waals surface area contributed by atoms with Crippen molar-refractivity contribution < 1.29 is 4.74 Å². The van der Waals surface area contributed by atoms with Crippen molar-refractivity contribution in [2.45, 2.75) is 6.92 Å². The molecule has 0 N–H and O–H groups in total. The molecule has 0 unspecified atom stereocenters. The van der Waals surface area contributed by atoms with E-state index in [1.54, 1.807) is 12.3 Å². The van der Waals surface area contributed by atoms with Gasteiger partial charge in [-0.15, -0.1) is 0 Å². The highest BCUT2D eigenvalue weighted by molar-refractivity contribution is 5.05. The van der Waals surface area contributed by atoms with Crippen LogP contribution in [0.1, 0.15) is 6.92 Å². The summed E-state index contributed by atoms with van der Waals surface area (Å²) in [6, 6.07) is 1.71. The molecule has 3 nitrogen and oxygen atoms in total. The van der Waals surface area contributed by atoms with Gasteiger partial charge in [0, 0.05) is 12.3 Å². The molecule has 0 radical (unpaired) electrons. The summed E-state index contributed by atoms with van der Waals surface area (Å²) in [4.78, 5) is 7.64. The Balaban J connectivity index is 2.45. The fraction of sp³-hybridized carbons (Fsp3) is 0.250. The van der Waals surface area contributed by atoms with Gasteiger partial charge in [-0.2, -0.15) is 0 Å². The van der Waals surface area contributed by atoms with Gasteiger partial charge in [-0.05, 0) is 12.5 Å². The predicted octanol–water partition coefficient (Wildman–Crippen LogP) is 1.43. The molecular weight excluding hydrogens is 140 g/mol. The quantitative estimate of drug-likeness (QED) is 0.611. The topological polar surface area (TPSA) is 35.0 Å². The lowest BCUT2D eigenvalue weighted by molar-refractivity contribution is 0.338. The highest BCUT2D eigenvalue weighted by Crippen LogP contribution is 2.02. The van der Waals surface area contributed by atoms with Crippen LogP contribution in [0.2, 0.25) is 0 Å². The number of hydrogen-bond acceptors (Lipinski definition) is 3. The van der Waals surface area contributed by atoms with Gasteiger partial charge >= 0.3 is 0 Å². The Morgan fingerprint density at radius 2 is 2.55 bits per heavy atom. The van der Waals surface area contributed by atoms with E-state index in [4.69, 9.17) is 4.74 Å². The van der Waals surface area contributed by atoms with Crippen molar-refractivity contribution in [3.8, 4) is 5.88 Å². The Kier molecular flexibility index (Phi) is 2.60. The van der Waals surface area contributed by atoms with Gasteiger partial charge in [0.1, 0.15) is 12.9 Å². The lowest BCUT2D eigenvalue weighted by Gasteiger charge is -2.02. The third kappa shape index (κ3) is 2.80. The van der Waals surface area contributed by atoms with E-state index < -0.39 is 0 Å². The molecule has 0 atom stereocenters. The molecule has 3 heteroatoms. The van der Waals surface area contributed by atoms with E-state index in [1.165, 1.54) is 6.33 Å². The molecule has 58 valence electrons. The minimum absolute atomic E-state index is 0.511. The molecule has 0 spiro atoms. The molecule has 0 amide bonds. The summed E-state index contributed by atoms with van der Waals surface area (Å²) in [6.07, 6.45) is 3.09. The zero-order chi connectivity index (χ0) is 8.10. The Labute approximate surface area is 65.8 Å². The molecule has 0 aromatic carbocycles. The lowest BCUT2D eigenvalue weighted by atomic mass is 10.4. The van der Waals surface area contributed by atoms with Crippen LogP contribution < -0.4 is 4.74 Å². The van der Waals surface area contributed by atoms with Gasteiger partial charge in [0.2, 0.25) is 5.88 Å². The number of nitrogens with zero attached hydrogens (tertiary/aromatic N) is 2. The molecule has 0 aliphatic rings. The van der Waals surface area contributed by atoms with Gasteiger partial charge in [-0.25, -0.2) is 9.97 Å². The Hall–Kier alpha value is -1.38. The first-order chi connectivity index (χ1) is 5.29. The number of hydrogen-bond donors (Lipinski definition) is 0. The van der Waals surface area contributed by atoms with Gasteiger partial charge in [0.15, 0.2) is 0 Å². The molecule has 1 rings (SSSR count). The van der Waals surface area contributed by atoms with E-state index in [9.17, 15) is 0 Å². The average Bonchev–Trinajstić information content (AvgIpc) is 2.03. The fourth-order valence-corrected chi connectivity index (χ4v) is 0.561. The van der Waals surface area contributed by atoms with Crippen LogP contribution in [0.15, 0.2) is 30.7 Å². The molecule has 0 aliphatic carbocycles. The van der Waals surface area contributed by atoms with E-state index >= 15 is 0 Å². The molecule has 0 saturated heterocycles. The second-order valence-corrected chi connectivity index (χ2v) is 2.29. The molecular formula is C8H10N2O. The fourth-order valence-electron chi connectivity index (χ4n) is 0.561. The third-order valence-corrected chi connectivity index (χ3v) is 1.02. The van der Waals surface area contributed by atoms with Gasteiger partial charge in [-0.3, -0.25) is 0 Å². The van der Waals surface area contributed by atoms with Crippen LogP contribution in [-0.2, 0) is 0 Å². The van der Waals surface area contributed by atoms with Crippen molar-refractivity contribution >= 4 is 0 Å². The number of rotatable bonds is 3. The summed E-state index contributed by atoms with van der Waals surface area (Å²) in [5, 5.41) is 0. The van der Waals surface area contributed by atoms with Gasteiger partial charge in [0.05, 0.1) is 0 Å². The standard InChI is InChI=1S/C8H10N2O/c1-7(2)5-11-8-3-4-9-6-10-8/h3-4,6H,1,5H2,2H3. The molecule has 1 aromatic rings.